The third-order valence-corrected chi connectivity index (χ3v) is 4.42. The van der Waals surface area contributed by atoms with Gasteiger partial charge >= 0.3 is 0 Å². The molecule has 4 heteroatoms. The Morgan fingerprint density at radius 2 is 1.27 bits per heavy atom. The normalized spacial score (nSPS) is 11.0. The number of rotatable bonds is 6. The zero-order chi connectivity index (χ0) is 18.4. The molecule has 0 aliphatic rings. The Morgan fingerprint density at radius 1 is 0.769 bits per heavy atom. The Hall–Kier alpha value is -3.19. The van der Waals surface area contributed by atoms with Crippen molar-refractivity contribution in [3.63, 3.8) is 0 Å². The molecule has 0 aliphatic heterocycles. The molecule has 0 spiro atoms. The van der Waals surface area contributed by atoms with Crippen LogP contribution in [0, 0.1) is 23.0 Å². The SMILES string of the molecule is N#CCCC(Nc1ccccc1)(c1ccc(F)cc1)c1ccc(F)cc1. The Kier molecular flexibility index (Phi) is 5.28. The second-order valence-electron chi connectivity index (χ2n) is 6.07. The van der Waals surface area contributed by atoms with Gasteiger partial charge < -0.3 is 5.32 Å². The number of hydrogen-bond acceptors (Lipinski definition) is 2. The smallest absolute Gasteiger partial charge is 0.123 e. The molecule has 0 aromatic heterocycles. The van der Waals surface area contributed by atoms with Gasteiger partial charge in [0, 0.05) is 12.1 Å². The largest absolute Gasteiger partial charge is 0.372 e. The number of hydrogen-bond donors (Lipinski definition) is 1. The van der Waals surface area contributed by atoms with Gasteiger partial charge in [0.15, 0.2) is 0 Å². The van der Waals surface area contributed by atoms with E-state index in [4.69, 9.17) is 0 Å². The molecule has 0 aliphatic carbocycles. The molecule has 2 nitrogen and oxygen atoms in total. The molecule has 3 aromatic rings. The van der Waals surface area contributed by atoms with Crippen molar-refractivity contribution in [2.45, 2.75) is 18.4 Å². The summed E-state index contributed by atoms with van der Waals surface area (Å²) in [6, 6.07) is 24.1. The highest BCUT2D eigenvalue weighted by Crippen LogP contribution is 2.38. The van der Waals surface area contributed by atoms with Gasteiger partial charge in [0.2, 0.25) is 0 Å². The molecule has 0 bridgehead atoms. The van der Waals surface area contributed by atoms with Crippen LogP contribution in [0.1, 0.15) is 24.0 Å². The first kappa shape index (κ1) is 17.6. The maximum Gasteiger partial charge on any atom is 0.123 e. The number of nitrogens with zero attached hydrogens (tertiary/aromatic N) is 1. The summed E-state index contributed by atoms with van der Waals surface area (Å²) in [7, 11) is 0. The topological polar surface area (TPSA) is 35.8 Å². The van der Waals surface area contributed by atoms with Crippen LogP contribution < -0.4 is 5.32 Å². The van der Waals surface area contributed by atoms with Crippen LogP contribution in [0.2, 0.25) is 0 Å². The van der Waals surface area contributed by atoms with E-state index in [1.165, 1.54) is 24.3 Å². The minimum Gasteiger partial charge on any atom is -0.372 e. The average molecular weight is 348 g/mol. The molecule has 26 heavy (non-hydrogen) atoms. The molecule has 0 unspecified atom stereocenters. The van der Waals surface area contributed by atoms with Crippen molar-refractivity contribution in [2.75, 3.05) is 5.32 Å². The lowest BCUT2D eigenvalue weighted by Gasteiger charge is -2.37. The Morgan fingerprint density at radius 3 is 1.73 bits per heavy atom. The summed E-state index contributed by atoms with van der Waals surface area (Å²) in [4.78, 5) is 0. The third-order valence-electron chi connectivity index (χ3n) is 4.42. The second kappa shape index (κ2) is 7.79. The predicted molar refractivity (Wildman–Crippen MR) is 98.5 cm³/mol. The molecular formula is C22H18F2N2. The number of halogens is 2. The number of anilines is 1. The van der Waals surface area contributed by atoms with Crippen LogP contribution in [0.25, 0.3) is 0 Å². The van der Waals surface area contributed by atoms with Crippen LogP contribution in [0.3, 0.4) is 0 Å². The maximum atomic E-state index is 13.5. The van der Waals surface area contributed by atoms with Crippen molar-refractivity contribution >= 4 is 5.69 Å². The van der Waals surface area contributed by atoms with E-state index in [-0.39, 0.29) is 18.1 Å². The fourth-order valence-electron chi connectivity index (χ4n) is 3.14. The van der Waals surface area contributed by atoms with Crippen molar-refractivity contribution in [3.05, 3.63) is 102 Å². The molecular weight excluding hydrogens is 330 g/mol. The van der Waals surface area contributed by atoms with Crippen LogP contribution in [-0.4, -0.2) is 0 Å². The molecule has 130 valence electrons. The van der Waals surface area contributed by atoms with Gasteiger partial charge in [0.05, 0.1) is 11.6 Å². The van der Waals surface area contributed by atoms with Crippen LogP contribution in [0.15, 0.2) is 78.9 Å². The van der Waals surface area contributed by atoms with Gasteiger partial charge in [-0.15, -0.1) is 0 Å². The lowest BCUT2D eigenvalue weighted by atomic mass is 9.79. The number of nitrogens with one attached hydrogen (secondary N) is 1. The maximum absolute atomic E-state index is 13.5. The molecule has 0 atom stereocenters. The summed E-state index contributed by atoms with van der Waals surface area (Å²) in [5.41, 5.74) is 1.70. The van der Waals surface area contributed by atoms with Crippen LogP contribution in [0.4, 0.5) is 14.5 Å². The van der Waals surface area contributed by atoms with Gasteiger partial charge in [0.25, 0.3) is 0 Å². The van der Waals surface area contributed by atoms with Gasteiger partial charge in [-0.25, -0.2) is 8.78 Å². The van der Waals surface area contributed by atoms with E-state index in [1.54, 1.807) is 24.3 Å². The monoisotopic (exact) mass is 348 g/mol. The predicted octanol–water partition coefficient (Wildman–Crippen LogP) is 5.62. The molecule has 3 rings (SSSR count). The van der Waals surface area contributed by atoms with E-state index in [9.17, 15) is 14.0 Å². The van der Waals surface area contributed by atoms with Crippen LogP contribution in [0.5, 0.6) is 0 Å². The minimum atomic E-state index is -0.779. The summed E-state index contributed by atoms with van der Waals surface area (Å²) in [6.45, 7) is 0. The lowest BCUT2D eigenvalue weighted by molar-refractivity contribution is 0.538. The Labute approximate surface area is 151 Å². The van der Waals surface area contributed by atoms with Crippen molar-refractivity contribution in [2.24, 2.45) is 0 Å². The van der Waals surface area contributed by atoms with Crippen molar-refractivity contribution < 1.29 is 8.78 Å². The average Bonchev–Trinajstić information content (AvgIpc) is 2.67. The van der Waals surface area contributed by atoms with E-state index in [0.29, 0.717) is 6.42 Å². The van der Waals surface area contributed by atoms with Crippen LogP contribution in [-0.2, 0) is 5.54 Å². The molecule has 0 saturated carbocycles. The first-order chi connectivity index (χ1) is 12.6. The summed E-state index contributed by atoms with van der Waals surface area (Å²) < 4.78 is 27.0. The standard InChI is InChI=1S/C22H18F2N2/c23-19-11-7-17(8-12-19)22(15-4-16-25,18-9-13-20(24)14-10-18)26-21-5-2-1-3-6-21/h1-3,5-14,26H,4,15H2. The van der Waals surface area contributed by atoms with Gasteiger partial charge in [0.1, 0.15) is 11.6 Å². The summed E-state index contributed by atoms with van der Waals surface area (Å²) >= 11 is 0. The number of benzene rings is 3. The molecule has 0 saturated heterocycles. The second-order valence-corrected chi connectivity index (χ2v) is 6.07. The molecule has 0 amide bonds. The zero-order valence-corrected chi connectivity index (χ0v) is 14.1. The Balaban J connectivity index is 2.17. The van der Waals surface area contributed by atoms with Crippen molar-refractivity contribution in [1.82, 2.24) is 0 Å². The Bertz CT molecular complexity index is 837. The van der Waals surface area contributed by atoms with E-state index in [0.717, 1.165) is 16.8 Å². The minimum absolute atomic E-state index is 0.286. The number of nitriles is 1. The molecule has 0 fully saturated rings. The van der Waals surface area contributed by atoms with Crippen LogP contribution >= 0.6 is 0 Å². The summed E-state index contributed by atoms with van der Waals surface area (Å²) in [6.07, 6.45) is 0.740. The van der Waals surface area contributed by atoms with E-state index in [2.05, 4.69) is 11.4 Å². The van der Waals surface area contributed by atoms with Gasteiger partial charge in [-0.05, 0) is 53.9 Å². The third kappa shape index (κ3) is 3.73. The molecule has 3 aromatic carbocycles. The summed E-state index contributed by atoms with van der Waals surface area (Å²) in [5, 5.41) is 12.7. The zero-order valence-electron chi connectivity index (χ0n) is 14.1. The van der Waals surface area contributed by atoms with Crippen molar-refractivity contribution in [3.8, 4) is 6.07 Å². The molecule has 1 N–H and O–H groups in total. The molecule has 0 radical (unpaired) electrons. The molecule has 0 heterocycles. The lowest BCUT2D eigenvalue weighted by Crippen LogP contribution is -2.36. The fraction of sp³-hybridized carbons (Fsp3) is 0.136. The van der Waals surface area contributed by atoms with E-state index in [1.807, 2.05) is 30.3 Å². The van der Waals surface area contributed by atoms with Crippen molar-refractivity contribution in [1.29, 1.82) is 5.26 Å². The first-order valence-corrected chi connectivity index (χ1v) is 8.36. The highest BCUT2D eigenvalue weighted by Gasteiger charge is 2.34. The van der Waals surface area contributed by atoms with Gasteiger partial charge in [-0.2, -0.15) is 5.26 Å². The quantitative estimate of drug-likeness (QED) is 0.627. The van der Waals surface area contributed by atoms with Gasteiger partial charge in [-0.3, -0.25) is 0 Å². The highest BCUT2D eigenvalue weighted by molar-refractivity contribution is 5.53. The first-order valence-electron chi connectivity index (χ1n) is 8.36. The summed E-state index contributed by atoms with van der Waals surface area (Å²) in [5.74, 6) is -0.663. The van der Waals surface area contributed by atoms with E-state index >= 15 is 0 Å². The number of para-hydroxylation sites is 1. The fourth-order valence-corrected chi connectivity index (χ4v) is 3.14. The highest BCUT2D eigenvalue weighted by atomic mass is 19.1. The van der Waals surface area contributed by atoms with E-state index < -0.39 is 5.54 Å². The van der Waals surface area contributed by atoms with Gasteiger partial charge in [-0.1, -0.05) is 42.5 Å².